The second-order valence-corrected chi connectivity index (χ2v) is 13.5. The third-order valence-electron chi connectivity index (χ3n) is 6.31. The lowest BCUT2D eigenvalue weighted by atomic mass is 9.88. The van der Waals surface area contributed by atoms with Crippen molar-refractivity contribution in [3.05, 3.63) is 60.2 Å². The molecule has 0 saturated carbocycles. The number of ether oxygens (including phenoxy) is 2. The molecule has 0 unspecified atom stereocenters. The number of benzene rings is 2. The number of fused-ring (bicyclic) bond motifs is 1. The lowest BCUT2D eigenvalue weighted by Crippen LogP contribution is -2.41. The van der Waals surface area contributed by atoms with Crippen molar-refractivity contribution >= 4 is 32.9 Å². The molecule has 0 aliphatic carbocycles. The number of aromatic nitrogens is 1. The highest BCUT2D eigenvalue weighted by molar-refractivity contribution is 7.91. The molecule has 0 N–H and O–H groups in total. The maximum atomic E-state index is 13.7. The highest BCUT2D eigenvalue weighted by Gasteiger charge is 2.33. The molecular formula is C29H36N2O6S. The summed E-state index contributed by atoms with van der Waals surface area (Å²) in [5.74, 6) is 0.0146. The monoisotopic (exact) mass is 540 g/mol. The van der Waals surface area contributed by atoms with Gasteiger partial charge in [-0.1, -0.05) is 36.4 Å². The van der Waals surface area contributed by atoms with Crippen molar-refractivity contribution in [1.82, 2.24) is 9.47 Å². The van der Waals surface area contributed by atoms with Gasteiger partial charge in [0.1, 0.15) is 11.2 Å². The van der Waals surface area contributed by atoms with Gasteiger partial charge in [0.05, 0.1) is 10.4 Å². The normalized spacial score (nSPS) is 15.5. The first-order valence-electron chi connectivity index (χ1n) is 12.8. The number of piperidine rings is 1. The van der Waals surface area contributed by atoms with Crippen LogP contribution in [0.1, 0.15) is 65.9 Å². The fourth-order valence-corrected chi connectivity index (χ4v) is 6.14. The topological polar surface area (TPSA) is 94.9 Å². The Balaban J connectivity index is 1.78. The van der Waals surface area contributed by atoms with Gasteiger partial charge in [0, 0.05) is 18.5 Å². The molecule has 1 fully saturated rings. The Hall–Kier alpha value is -3.33. The second-order valence-electron chi connectivity index (χ2n) is 11.6. The molecule has 1 aromatic heterocycles. The largest absolute Gasteiger partial charge is 0.444 e. The van der Waals surface area contributed by atoms with E-state index in [1.807, 2.05) is 32.9 Å². The van der Waals surface area contributed by atoms with Crippen molar-refractivity contribution in [1.29, 1.82) is 0 Å². The van der Waals surface area contributed by atoms with E-state index in [-0.39, 0.29) is 21.9 Å². The van der Waals surface area contributed by atoms with E-state index >= 15 is 0 Å². The molecule has 204 valence electrons. The van der Waals surface area contributed by atoms with Crippen LogP contribution in [0.15, 0.2) is 64.5 Å². The van der Waals surface area contributed by atoms with Gasteiger partial charge in [0.25, 0.3) is 0 Å². The van der Waals surface area contributed by atoms with Crippen molar-refractivity contribution in [2.45, 2.75) is 81.4 Å². The van der Waals surface area contributed by atoms with E-state index in [4.69, 9.17) is 9.47 Å². The van der Waals surface area contributed by atoms with Crippen molar-refractivity contribution in [3.8, 4) is 0 Å². The minimum Gasteiger partial charge on any atom is -0.444 e. The fourth-order valence-electron chi connectivity index (χ4n) is 4.70. The number of carbonyl (C=O) groups excluding carboxylic acids is 2. The van der Waals surface area contributed by atoms with Gasteiger partial charge >= 0.3 is 12.2 Å². The van der Waals surface area contributed by atoms with E-state index in [1.165, 1.54) is 16.7 Å². The van der Waals surface area contributed by atoms with Crippen LogP contribution < -0.4 is 0 Å². The molecule has 2 heterocycles. The molecule has 1 saturated heterocycles. The van der Waals surface area contributed by atoms with Crippen LogP contribution in [-0.2, 0) is 19.3 Å². The zero-order chi connectivity index (χ0) is 27.9. The summed E-state index contributed by atoms with van der Waals surface area (Å²) in [6, 6.07) is 15.2. The van der Waals surface area contributed by atoms with Gasteiger partial charge in [-0.15, -0.1) is 0 Å². The Labute approximate surface area is 224 Å². The first-order chi connectivity index (χ1) is 17.7. The molecule has 0 bridgehead atoms. The SMILES string of the molecule is CC(C)(C)OC(=O)N1CCC(c2cccc3cc(S(=O)(=O)c4ccccc4)n(C(=O)OC(C)(C)C)c23)CC1. The van der Waals surface area contributed by atoms with Crippen LogP contribution in [0.2, 0.25) is 0 Å². The predicted octanol–water partition coefficient (Wildman–Crippen LogP) is 6.37. The zero-order valence-corrected chi connectivity index (χ0v) is 23.7. The van der Waals surface area contributed by atoms with Crippen molar-refractivity contribution in [2.75, 3.05) is 13.1 Å². The van der Waals surface area contributed by atoms with Crippen LogP contribution >= 0.6 is 0 Å². The minimum atomic E-state index is -4.02. The number of amides is 1. The quantitative estimate of drug-likeness (QED) is 0.383. The van der Waals surface area contributed by atoms with E-state index in [0.717, 1.165) is 5.56 Å². The van der Waals surface area contributed by atoms with Gasteiger partial charge in [-0.05, 0) is 84.1 Å². The molecule has 2 aromatic carbocycles. The summed E-state index contributed by atoms with van der Waals surface area (Å²) in [5.41, 5.74) is -0.0255. The van der Waals surface area contributed by atoms with Crippen molar-refractivity contribution in [3.63, 3.8) is 0 Å². The van der Waals surface area contributed by atoms with Crippen LogP contribution in [0.5, 0.6) is 0 Å². The first kappa shape index (κ1) is 27.7. The molecule has 4 rings (SSSR count). The van der Waals surface area contributed by atoms with Crippen molar-refractivity contribution in [2.24, 2.45) is 0 Å². The molecular weight excluding hydrogens is 504 g/mol. The zero-order valence-electron chi connectivity index (χ0n) is 22.9. The predicted molar refractivity (Wildman–Crippen MR) is 145 cm³/mol. The average Bonchev–Trinajstić information content (AvgIpc) is 3.24. The average molecular weight is 541 g/mol. The Morgan fingerprint density at radius 1 is 0.816 bits per heavy atom. The van der Waals surface area contributed by atoms with Gasteiger partial charge < -0.3 is 14.4 Å². The third-order valence-corrected chi connectivity index (χ3v) is 8.06. The summed E-state index contributed by atoms with van der Waals surface area (Å²) < 4.78 is 39.9. The molecule has 1 aliphatic heterocycles. The van der Waals surface area contributed by atoms with Crippen LogP contribution in [0.3, 0.4) is 0 Å². The van der Waals surface area contributed by atoms with E-state index in [2.05, 4.69) is 0 Å². The Kier molecular flexibility index (Phi) is 7.36. The minimum absolute atomic E-state index is 0.0146. The fraction of sp³-hybridized carbons (Fsp3) is 0.448. The number of rotatable bonds is 3. The molecule has 1 aliphatic rings. The summed E-state index contributed by atoms with van der Waals surface area (Å²) >= 11 is 0. The second kappa shape index (κ2) is 10.1. The number of para-hydroxylation sites is 1. The number of hydrogen-bond donors (Lipinski definition) is 0. The number of sulfone groups is 1. The Bertz CT molecular complexity index is 1440. The summed E-state index contributed by atoms with van der Waals surface area (Å²) in [6.45, 7) is 11.7. The standard InChI is InChI=1S/C29H36N2O6S/c1-28(2,3)36-26(32)30-17-15-20(16-18-30)23-14-10-11-21-19-24(38(34,35)22-12-8-7-9-13-22)31(25(21)23)27(33)37-29(4,5)6/h7-14,19-20H,15-18H2,1-6H3. The summed E-state index contributed by atoms with van der Waals surface area (Å²) in [7, 11) is -4.02. The summed E-state index contributed by atoms with van der Waals surface area (Å²) in [6.07, 6.45) is 0.209. The van der Waals surface area contributed by atoms with E-state index in [9.17, 15) is 18.0 Å². The Morgan fingerprint density at radius 2 is 1.39 bits per heavy atom. The summed E-state index contributed by atoms with van der Waals surface area (Å²) in [5, 5.41) is 0.504. The van der Waals surface area contributed by atoms with Gasteiger partial charge in [0.15, 0.2) is 5.03 Å². The lowest BCUT2D eigenvalue weighted by molar-refractivity contribution is 0.0205. The smallest absolute Gasteiger partial charge is 0.420 e. The van der Waals surface area contributed by atoms with E-state index < -0.39 is 27.1 Å². The van der Waals surface area contributed by atoms with Gasteiger partial charge in [-0.3, -0.25) is 0 Å². The highest BCUT2D eigenvalue weighted by atomic mass is 32.2. The molecule has 1 amide bonds. The molecule has 3 aromatic rings. The molecule has 0 atom stereocenters. The van der Waals surface area contributed by atoms with Crippen LogP contribution in [0.4, 0.5) is 9.59 Å². The highest BCUT2D eigenvalue weighted by Crippen LogP contribution is 2.37. The number of carbonyl (C=O) groups is 2. The molecule has 0 radical (unpaired) electrons. The number of nitrogens with zero attached hydrogens (tertiary/aromatic N) is 2. The summed E-state index contributed by atoms with van der Waals surface area (Å²) in [4.78, 5) is 27.9. The van der Waals surface area contributed by atoms with Crippen molar-refractivity contribution < 1.29 is 27.5 Å². The van der Waals surface area contributed by atoms with Gasteiger partial charge in [0.2, 0.25) is 9.84 Å². The molecule has 0 spiro atoms. The third kappa shape index (κ3) is 5.88. The molecule has 38 heavy (non-hydrogen) atoms. The van der Waals surface area contributed by atoms with Crippen LogP contribution in [-0.4, -0.2) is 54.4 Å². The van der Waals surface area contributed by atoms with Crippen LogP contribution in [0.25, 0.3) is 10.9 Å². The Morgan fingerprint density at radius 3 is 1.97 bits per heavy atom. The maximum Gasteiger partial charge on any atom is 0.420 e. The first-order valence-corrected chi connectivity index (χ1v) is 14.3. The number of hydrogen-bond acceptors (Lipinski definition) is 6. The van der Waals surface area contributed by atoms with Crippen LogP contribution in [0, 0.1) is 0 Å². The van der Waals surface area contributed by atoms with E-state index in [1.54, 1.807) is 56.0 Å². The van der Waals surface area contributed by atoms with Gasteiger partial charge in [-0.25, -0.2) is 22.6 Å². The molecule has 9 heteroatoms. The van der Waals surface area contributed by atoms with Gasteiger partial charge in [-0.2, -0.15) is 0 Å². The lowest BCUT2D eigenvalue weighted by Gasteiger charge is -2.34. The number of likely N-dealkylation sites (tertiary alicyclic amines) is 1. The molecule has 8 nitrogen and oxygen atoms in total. The van der Waals surface area contributed by atoms with E-state index in [0.29, 0.717) is 36.8 Å². The maximum absolute atomic E-state index is 13.7.